The van der Waals surface area contributed by atoms with Gasteiger partial charge in [0.15, 0.2) is 0 Å². The van der Waals surface area contributed by atoms with Crippen LogP contribution in [0.4, 0.5) is 0 Å². The maximum Gasteiger partial charge on any atom is 0.422 e. The summed E-state index contributed by atoms with van der Waals surface area (Å²) in [6, 6.07) is 0. The van der Waals surface area contributed by atoms with Crippen LogP contribution in [-0.2, 0) is 14.2 Å². The van der Waals surface area contributed by atoms with Gasteiger partial charge in [-0.25, -0.2) is 0 Å². The van der Waals surface area contributed by atoms with Gasteiger partial charge in [-0.15, -0.1) is 6.58 Å². The molecule has 0 amide bonds. The van der Waals surface area contributed by atoms with Crippen LogP contribution in [0.25, 0.3) is 0 Å². The lowest BCUT2D eigenvalue weighted by molar-refractivity contribution is -0.355. The highest BCUT2D eigenvalue weighted by Crippen LogP contribution is 2.36. The second kappa shape index (κ2) is 11.8. The van der Waals surface area contributed by atoms with Crippen molar-refractivity contribution >= 4 is 0 Å². The van der Waals surface area contributed by atoms with Gasteiger partial charge in [-0.2, -0.15) is 0 Å². The molecule has 0 rings (SSSR count). The van der Waals surface area contributed by atoms with Crippen molar-refractivity contribution < 1.29 is 14.2 Å². The topological polar surface area (TPSA) is 27.7 Å². The van der Waals surface area contributed by atoms with Crippen LogP contribution in [0.3, 0.4) is 0 Å². The Bertz CT molecular complexity index is 382. The maximum atomic E-state index is 5.88. The molecule has 1 unspecified atom stereocenters. The molecule has 0 fully saturated rings. The van der Waals surface area contributed by atoms with Gasteiger partial charge in [0.25, 0.3) is 0 Å². The average Bonchev–Trinajstić information content (AvgIpc) is 2.44. The lowest BCUT2D eigenvalue weighted by atomic mass is 9.97. The van der Waals surface area contributed by atoms with Gasteiger partial charge in [-0.3, -0.25) is 0 Å². The number of rotatable bonds is 15. The third-order valence-electron chi connectivity index (χ3n) is 3.56. The van der Waals surface area contributed by atoms with E-state index in [0.29, 0.717) is 17.3 Å². The number of unbranched alkanes of at least 4 members (excludes halogenated alkanes) is 5. The minimum atomic E-state index is -1.34. The lowest BCUT2D eigenvalue weighted by Crippen LogP contribution is -2.44. The number of hydrogen-bond donors (Lipinski definition) is 0. The van der Waals surface area contributed by atoms with Crippen molar-refractivity contribution in [3.8, 4) is 0 Å². The van der Waals surface area contributed by atoms with Crippen LogP contribution < -0.4 is 0 Å². The molecule has 0 aliphatic rings. The Hall–Kier alpha value is -1.64. The Morgan fingerprint density at radius 3 is 1.62 bits per heavy atom. The van der Waals surface area contributed by atoms with E-state index in [9.17, 15) is 0 Å². The average molecular weight is 337 g/mol. The first-order valence-electron chi connectivity index (χ1n) is 8.93. The molecule has 0 bridgehead atoms. The van der Waals surface area contributed by atoms with Gasteiger partial charge in [0, 0.05) is 0 Å². The summed E-state index contributed by atoms with van der Waals surface area (Å²) < 4.78 is 17.6. The molecule has 138 valence electrons. The van der Waals surface area contributed by atoms with Crippen molar-refractivity contribution in [2.24, 2.45) is 5.92 Å². The van der Waals surface area contributed by atoms with Crippen molar-refractivity contribution in [3.63, 3.8) is 0 Å². The van der Waals surface area contributed by atoms with E-state index in [-0.39, 0.29) is 5.92 Å². The highest BCUT2D eigenvalue weighted by Gasteiger charge is 2.45. The Kier molecular flexibility index (Phi) is 11.0. The molecule has 0 aromatic heterocycles. The maximum absolute atomic E-state index is 5.88. The fourth-order valence-electron chi connectivity index (χ4n) is 2.60. The SMILES string of the molecule is C=CC(CCCCCCCC)C(OC(=C)C)(OC(=C)C)OC(=C)C. The van der Waals surface area contributed by atoms with Crippen LogP contribution in [0.2, 0.25) is 0 Å². The fourth-order valence-corrected chi connectivity index (χ4v) is 2.60. The zero-order chi connectivity index (χ0) is 18.6. The largest absolute Gasteiger partial charge is 0.426 e. The molecule has 0 aromatic carbocycles. The summed E-state index contributed by atoms with van der Waals surface area (Å²) in [6.45, 7) is 22.9. The molecule has 0 saturated heterocycles. The second-order valence-corrected chi connectivity index (χ2v) is 6.41. The molecule has 0 radical (unpaired) electrons. The van der Waals surface area contributed by atoms with Gasteiger partial charge in [-0.1, -0.05) is 71.3 Å². The highest BCUT2D eigenvalue weighted by atomic mass is 16.9. The van der Waals surface area contributed by atoms with Crippen molar-refractivity contribution in [1.29, 1.82) is 0 Å². The molecular weight excluding hydrogens is 300 g/mol. The van der Waals surface area contributed by atoms with E-state index >= 15 is 0 Å². The fraction of sp³-hybridized carbons (Fsp3) is 0.619. The zero-order valence-corrected chi connectivity index (χ0v) is 16.2. The summed E-state index contributed by atoms with van der Waals surface area (Å²) in [7, 11) is 0. The lowest BCUT2D eigenvalue weighted by Gasteiger charge is -2.38. The third-order valence-corrected chi connectivity index (χ3v) is 3.56. The summed E-state index contributed by atoms with van der Waals surface area (Å²) in [5, 5.41) is 0. The van der Waals surface area contributed by atoms with E-state index in [1.54, 1.807) is 20.8 Å². The minimum Gasteiger partial charge on any atom is -0.426 e. The predicted molar refractivity (Wildman–Crippen MR) is 102 cm³/mol. The van der Waals surface area contributed by atoms with Gasteiger partial charge >= 0.3 is 5.97 Å². The molecule has 3 heteroatoms. The Labute approximate surface area is 149 Å². The zero-order valence-electron chi connectivity index (χ0n) is 16.2. The Morgan fingerprint density at radius 1 is 0.833 bits per heavy atom. The minimum absolute atomic E-state index is 0.159. The molecule has 0 N–H and O–H groups in total. The van der Waals surface area contributed by atoms with Crippen LogP contribution in [0.1, 0.15) is 72.6 Å². The third kappa shape index (κ3) is 8.85. The predicted octanol–water partition coefficient (Wildman–Crippen LogP) is 6.84. The Morgan fingerprint density at radius 2 is 1.25 bits per heavy atom. The smallest absolute Gasteiger partial charge is 0.422 e. The molecular formula is C21H36O3. The molecule has 0 aromatic rings. The molecule has 0 saturated carbocycles. The van der Waals surface area contributed by atoms with E-state index in [1.165, 1.54) is 32.1 Å². The first-order chi connectivity index (χ1) is 11.3. The van der Waals surface area contributed by atoms with Gasteiger partial charge in [0.05, 0.1) is 23.2 Å². The van der Waals surface area contributed by atoms with Gasteiger partial charge < -0.3 is 14.2 Å². The highest BCUT2D eigenvalue weighted by molar-refractivity contribution is 4.95. The quantitative estimate of drug-likeness (QED) is 0.142. The number of ether oxygens (including phenoxy) is 3. The van der Waals surface area contributed by atoms with Gasteiger partial charge in [-0.05, 0) is 27.2 Å². The van der Waals surface area contributed by atoms with Crippen LogP contribution >= 0.6 is 0 Å². The van der Waals surface area contributed by atoms with Crippen LogP contribution in [0, 0.1) is 5.92 Å². The summed E-state index contributed by atoms with van der Waals surface area (Å²) in [4.78, 5) is 0. The van der Waals surface area contributed by atoms with E-state index in [4.69, 9.17) is 14.2 Å². The van der Waals surface area contributed by atoms with E-state index in [1.807, 2.05) is 6.08 Å². The summed E-state index contributed by atoms with van der Waals surface area (Å²) in [5.74, 6) is 0.0231. The van der Waals surface area contributed by atoms with E-state index < -0.39 is 5.97 Å². The second-order valence-electron chi connectivity index (χ2n) is 6.41. The molecule has 3 nitrogen and oxygen atoms in total. The summed E-state index contributed by atoms with van der Waals surface area (Å²) >= 11 is 0. The molecule has 0 aliphatic carbocycles. The normalized spacial score (nSPS) is 12.2. The van der Waals surface area contributed by atoms with Crippen LogP contribution in [-0.4, -0.2) is 5.97 Å². The monoisotopic (exact) mass is 336 g/mol. The number of hydrogen-bond acceptors (Lipinski definition) is 3. The van der Waals surface area contributed by atoms with Gasteiger partial charge in [0.2, 0.25) is 0 Å². The van der Waals surface area contributed by atoms with Crippen molar-refractivity contribution in [2.75, 3.05) is 0 Å². The molecule has 1 atom stereocenters. The number of allylic oxidation sites excluding steroid dienone is 3. The standard InChI is InChI=1S/C21H36O3/c1-9-11-12-13-14-15-16-20(10-2)21(22-17(3)4,23-18(5)6)24-19(7)8/h10,20H,2-3,5,7,9,11-16H2,1,4,6,8H3. The van der Waals surface area contributed by atoms with E-state index in [0.717, 1.165) is 12.8 Å². The molecule has 24 heavy (non-hydrogen) atoms. The van der Waals surface area contributed by atoms with Crippen LogP contribution in [0.5, 0.6) is 0 Å². The van der Waals surface area contributed by atoms with Crippen molar-refractivity contribution in [1.82, 2.24) is 0 Å². The van der Waals surface area contributed by atoms with E-state index in [2.05, 4.69) is 33.2 Å². The summed E-state index contributed by atoms with van der Waals surface area (Å²) in [5.41, 5.74) is 0. The van der Waals surface area contributed by atoms with Crippen LogP contribution in [0.15, 0.2) is 49.7 Å². The molecule has 0 heterocycles. The first-order valence-corrected chi connectivity index (χ1v) is 8.93. The first kappa shape index (κ1) is 22.4. The summed E-state index contributed by atoms with van der Waals surface area (Å²) in [6.07, 6.45) is 9.98. The van der Waals surface area contributed by atoms with Gasteiger partial charge in [0.1, 0.15) is 0 Å². The van der Waals surface area contributed by atoms with Crippen molar-refractivity contribution in [2.45, 2.75) is 78.6 Å². The van der Waals surface area contributed by atoms with Crippen molar-refractivity contribution in [3.05, 3.63) is 49.7 Å². The molecule has 0 aliphatic heterocycles. The molecule has 0 spiro atoms. The Balaban J connectivity index is 5.07.